The monoisotopic (exact) mass is 520 g/mol. The minimum absolute atomic E-state index is 0.0959. The number of hydrogen-bond donors (Lipinski definition) is 0. The molecular formula is C29H32N2O5S. The zero-order valence-corrected chi connectivity index (χ0v) is 22.2. The Bertz CT molecular complexity index is 1360. The van der Waals surface area contributed by atoms with Crippen LogP contribution in [-0.4, -0.2) is 43.9 Å². The van der Waals surface area contributed by atoms with E-state index < -0.39 is 28.1 Å². The highest BCUT2D eigenvalue weighted by atomic mass is 32.2. The van der Waals surface area contributed by atoms with E-state index in [0.29, 0.717) is 18.8 Å². The first-order valence-corrected chi connectivity index (χ1v) is 13.7. The first kappa shape index (κ1) is 26.4. The smallest absolute Gasteiger partial charge is 0.338 e. The van der Waals surface area contributed by atoms with Crippen molar-refractivity contribution in [3.05, 3.63) is 95.6 Å². The Kier molecular flexibility index (Phi) is 7.68. The number of nitrogens with zero attached hydrogens (tertiary/aromatic N) is 2. The summed E-state index contributed by atoms with van der Waals surface area (Å²) in [5.74, 6) is -0.998. The van der Waals surface area contributed by atoms with Gasteiger partial charge in [-0.3, -0.25) is 9.10 Å². The van der Waals surface area contributed by atoms with Gasteiger partial charge in [-0.15, -0.1) is 0 Å². The molecule has 0 bridgehead atoms. The Hall–Kier alpha value is -3.65. The van der Waals surface area contributed by atoms with Gasteiger partial charge in [0.05, 0.1) is 16.1 Å². The maximum Gasteiger partial charge on any atom is 0.338 e. The highest BCUT2D eigenvalue weighted by molar-refractivity contribution is 7.92. The van der Waals surface area contributed by atoms with Crippen molar-refractivity contribution in [2.45, 2.75) is 50.6 Å². The summed E-state index contributed by atoms with van der Waals surface area (Å²) in [6, 6.07) is 22.7. The lowest BCUT2D eigenvalue weighted by molar-refractivity contribution is -0.140. The average Bonchev–Trinajstić information content (AvgIpc) is 2.90. The van der Waals surface area contributed by atoms with Gasteiger partial charge >= 0.3 is 5.97 Å². The van der Waals surface area contributed by atoms with E-state index in [4.69, 9.17) is 4.74 Å². The topological polar surface area (TPSA) is 84.0 Å². The summed E-state index contributed by atoms with van der Waals surface area (Å²) in [6.07, 6.45) is 1.58. The van der Waals surface area contributed by atoms with E-state index in [1.54, 1.807) is 4.90 Å². The third-order valence-electron chi connectivity index (χ3n) is 6.37. The molecule has 0 saturated heterocycles. The molecule has 1 amide bonds. The number of hydrogen-bond acceptors (Lipinski definition) is 5. The molecule has 0 radical (unpaired) electrons. The minimum Gasteiger partial charge on any atom is -0.452 e. The van der Waals surface area contributed by atoms with Crippen LogP contribution in [0.15, 0.2) is 83.8 Å². The number of aryl methyl sites for hydroxylation is 1. The van der Waals surface area contributed by atoms with Gasteiger partial charge in [0.15, 0.2) is 6.61 Å². The summed E-state index contributed by atoms with van der Waals surface area (Å²) in [6.45, 7) is 6.17. The van der Waals surface area contributed by atoms with Crippen molar-refractivity contribution in [1.82, 2.24) is 4.90 Å². The van der Waals surface area contributed by atoms with Crippen LogP contribution in [0.4, 0.5) is 5.69 Å². The van der Waals surface area contributed by atoms with Crippen molar-refractivity contribution in [3.8, 4) is 0 Å². The third-order valence-corrected chi connectivity index (χ3v) is 8.19. The van der Waals surface area contributed by atoms with Crippen LogP contribution in [-0.2, 0) is 32.5 Å². The van der Waals surface area contributed by atoms with E-state index in [-0.39, 0.29) is 16.4 Å². The number of sulfonamides is 1. The number of carbonyl (C=O) groups excluding carboxylic acids is 2. The average molecular weight is 521 g/mol. The van der Waals surface area contributed by atoms with Crippen LogP contribution < -0.4 is 4.31 Å². The number of anilines is 1. The van der Waals surface area contributed by atoms with Crippen LogP contribution in [0.1, 0.15) is 48.7 Å². The first-order valence-electron chi connectivity index (χ1n) is 12.3. The Morgan fingerprint density at radius 1 is 0.919 bits per heavy atom. The van der Waals surface area contributed by atoms with Gasteiger partial charge in [-0.2, -0.15) is 0 Å². The molecule has 0 atom stereocenters. The second-order valence-corrected chi connectivity index (χ2v) is 11.9. The lowest BCUT2D eigenvalue weighted by atomic mass is 10.0. The van der Waals surface area contributed by atoms with Gasteiger partial charge in [0.2, 0.25) is 0 Å². The molecule has 0 fully saturated rings. The number of amides is 1. The van der Waals surface area contributed by atoms with Gasteiger partial charge in [-0.05, 0) is 75.1 Å². The van der Waals surface area contributed by atoms with E-state index in [1.165, 1.54) is 28.6 Å². The fourth-order valence-electron chi connectivity index (χ4n) is 4.39. The molecule has 4 rings (SSSR count). The maximum absolute atomic E-state index is 13.3. The summed E-state index contributed by atoms with van der Waals surface area (Å²) in [4.78, 5) is 27.4. The second-order valence-electron chi connectivity index (χ2n) is 10.0. The van der Waals surface area contributed by atoms with Crippen molar-refractivity contribution in [1.29, 1.82) is 0 Å². The largest absolute Gasteiger partial charge is 0.452 e. The van der Waals surface area contributed by atoms with Crippen LogP contribution >= 0.6 is 0 Å². The van der Waals surface area contributed by atoms with Crippen molar-refractivity contribution < 1.29 is 22.7 Å². The van der Waals surface area contributed by atoms with Gasteiger partial charge in [0.25, 0.3) is 15.9 Å². The molecule has 3 aromatic carbocycles. The van der Waals surface area contributed by atoms with Crippen LogP contribution in [0.2, 0.25) is 0 Å². The highest BCUT2D eigenvalue weighted by Gasteiger charge is 2.30. The highest BCUT2D eigenvalue weighted by Crippen LogP contribution is 2.31. The van der Waals surface area contributed by atoms with Crippen molar-refractivity contribution in [2.75, 3.05) is 17.5 Å². The molecule has 1 aliphatic rings. The van der Waals surface area contributed by atoms with Gasteiger partial charge in [0.1, 0.15) is 0 Å². The summed E-state index contributed by atoms with van der Waals surface area (Å²) in [5.41, 5.74) is 2.37. The molecule has 3 aromatic rings. The van der Waals surface area contributed by atoms with Crippen molar-refractivity contribution in [3.63, 3.8) is 0 Å². The quantitative estimate of drug-likeness (QED) is 0.418. The van der Waals surface area contributed by atoms with Crippen molar-refractivity contribution >= 4 is 27.6 Å². The second kappa shape index (κ2) is 10.8. The van der Waals surface area contributed by atoms with E-state index in [9.17, 15) is 18.0 Å². The number of carbonyl (C=O) groups is 2. The zero-order valence-electron chi connectivity index (χ0n) is 21.4. The van der Waals surface area contributed by atoms with Crippen molar-refractivity contribution in [2.24, 2.45) is 0 Å². The number of rotatable bonds is 7. The molecule has 0 aromatic heterocycles. The predicted octanol–water partition coefficient (Wildman–Crippen LogP) is 4.81. The summed E-state index contributed by atoms with van der Waals surface area (Å²) < 4.78 is 33.4. The van der Waals surface area contributed by atoms with Crippen LogP contribution in [0.5, 0.6) is 0 Å². The molecule has 8 heteroatoms. The van der Waals surface area contributed by atoms with Gasteiger partial charge in [-0.25, -0.2) is 13.2 Å². The lowest BCUT2D eigenvalue weighted by Gasteiger charge is -2.35. The number of benzene rings is 3. The molecule has 0 unspecified atom stereocenters. The van der Waals surface area contributed by atoms with E-state index in [0.717, 1.165) is 24.0 Å². The fourth-order valence-corrected chi connectivity index (χ4v) is 5.93. The SMILES string of the molecule is CC(C)(C)N(Cc1ccccc1)C(=O)COC(=O)c1ccc(S(=O)(=O)N2CCCc3ccccc32)cc1. The molecule has 1 heterocycles. The number of fused-ring (bicyclic) bond motifs is 1. The lowest BCUT2D eigenvalue weighted by Crippen LogP contribution is -2.46. The van der Waals surface area contributed by atoms with E-state index in [2.05, 4.69) is 0 Å². The number of para-hydroxylation sites is 1. The fraction of sp³-hybridized carbons (Fsp3) is 0.310. The van der Waals surface area contributed by atoms with Gasteiger partial charge in [0, 0.05) is 18.6 Å². The minimum atomic E-state index is -3.78. The van der Waals surface area contributed by atoms with Gasteiger partial charge < -0.3 is 9.64 Å². The van der Waals surface area contributed by atoms with Crippen LogP contribution in [0.3, 0.4) is 0 Å². The molecule has 0 N–H and O–H groups in total. The Morgan fingerprint density at radius 2 is 1.57 bits per heavy atom. The zero-order chi connectivity index (χ0) is 26.6. The molecule has 0 aliphatic carbocycles. The third kappa shape index (κ3) is 6.02. The van der Waals surface area contributed by atoms with Crippen LogP contribution in [0.25, 0.3) is 0 Å². The standard InChI is InChI=1S/C29H32N2O5S/c1-29(2,3)30(20-22-10-5-4-6-11-22)27(32)21-36-28(33)24-15-17-25(18-16-24)37(34,35)31-19-9-13-23-12-7-8-14-26(23)31/h4-8,10-12,14-18H,9,13,19-21H2,1-3H3. The van der Waals surface area contributed by atoms with E-state index >= 15 is 0 Å². The molecule has 0 spiro atoms. The number of esters is 1. The molecule has 37 heavy (non-hydrogen) atoms. The normalized spacial score (nSPS) is 13.5. The van der Waals surface area contributed by atoms with Crippen LogP contribution in [0, 0.1) is 0 Å². The molecule has 7 nitrogen and oxygen atoms in total. The maximum atomic E-state index is 13.3. The molecular weight excluding hydrogens is 488 g/mol. The Balaban J connectivity index is 1.43. The number of ether oxygens (including phenoxy) is 1. The van der Waals surface area contributed by atoms with Gasteiger partial charge in [-0.1, -0.05) is 48.5 Å². The summed E-state index contributed by atoms with van der Waals surface area (Å²) >= 11 is 0. The molecule has 1 aliphatic heterocycles. The predicted molar refractivity (Wildman–Crippen MR) is 143 cm³/mol. The molecule has 194 valence electrons. The Morgan fingerprint density at radius 3 is 2.24 bits per heavy atom. The first-order chi connectivity index (χ1) is 17.6. The summed E-state index contributed by atoms with van der Waals surface area (Å²) in [5, 5.41) is 0. The van der Waals surface area contributed by atoms with E-state index in [1.807, 2.05) is 75.4 Å². The molecule has 0 saturated carbocycles. The Labute approximate surface area is 218 Å². The summed E-state index contributed by atoms with van der Waals surface area (Å²) in [7, 11) is -3.78.